The van der Waals surface area contributed by atoms with Crippen molar-refractivity contribution in [2.45, 2.75) is 20.0 Å². The highest BCUT2D eigenvalue weighted by Crippen LogP contribution is 2.30. The lowest BCUT2D eigenvalue weighted by atomic mass is 9.98. The minimum absolute atomic E-state index is 0.582. The van der Waals surface area contributed by atoms with Crippen molar-refractivity contribution in [1.29, 1.82) is 0 Å². The van der Waals surface area contributed by atoms with Gasteiger partial charge in [0.15, 0.2) is 0 Å². The molecule has 3 nitrogen and oxygen atoms in total. The number of ether oxygens (including phenoxy) is 1. The second-order valence-corrected chi connectivity index (χ2v) is 4.11. The molecule has 18 heavy (non-hydrogen) atoms. The van der Waals surface area contributed by atoms with Gasteiger partial charge in [-0.2, -0.15) is 0 Å². The molecule has 0 amide bonds. The third-order valence-corrected chi connectivity index (χ3v) is 2.87. The molecule has 0 spiro atoms. The number of aliphatic hydroxyl groups excluding tert-OH is 1. The van der Waals surface area contributed by atoms with Gasteiger partial charge in [-0.15, -0.1) is 0 Å². The van der Waals surface area contributed by atoms with Crippen molar-refractivity contribution in [3.8, 4) is 5.75 Å². The number of hydrogen-bond acceptors (Lipinski definition) is 3. The van der Waals surface area contributed by atoms with Crippen molar-refractivity contribution in [2.24, 2.45) is 0 Å². The first-order chi connectivity index (χ1) is 8.74. The normalized spacial score (nSPS) is 12.2. The number of nitrogens with zero attached hydrogens (tertiary/aromatic N) is 1. The van der Waals surface area contributed by atoms with Crippen LogP contribution < -0.4 is 4.74 Å². The van der Waals surface area contributed by atoms with Gasteiger partial charge in [-0.25, -0.2) is 0 Å². The van der Waals surface area contributed by atoms with Gasteiger partial charge in [0.1, 0.15) is 11.9 Å². The molecule has 0 radical (unpaired) electrons. The topological polar surface area (TPSA) is 42.4 Å². The van der Waals surface area contributed by atoms with E-state index in [2.05, 4.69) is 4.98 Å². The first kappa shape index (κ1) is 12.6. The van der Waals surface area contributed by atoms with E-state index in [1.54, 1.807) is 12.4 Å². The zero-order chi connectivity index (χ0) is 13.0. The van der Waals surface area contributed by atoms with Crippen molar-refractivity contribution < 1.29 is 9.84 Å². The highest BCUT2D eigenvalue weighted by molar-refractivity contribution is 5.41. The Labute approximate surface area is 107 Å². The number of aromatic nitrogens is 1. The zero-order valence-electron chi connectivity index (χ0n) is 10.6. The van der Waals surface area contributed by atoms with Crippen LogP contribution in [0.15, 0.2) is 42.7 Å². The van der Waals surface area contributed by atoms with Crippen molar-refractivity contribution >= 4 is 0 Å². The third-order valence-electron chi connectivity index (χ3n) is 2.87. The monoisotopic (exact) mass is 243 g/mol. The van der Waals surface area contributed by atoms with Gasteiger partial charge < -0.3 is 9.84 Å². The first-order valence-electron chi connectivity index (χ1n) is 6.04. The molecule has 2 aromatic rings. The quantitative estimate of drug-likeness (QED) is 0.897. The Morgan fingerprint density at radius 1 is 1.22 bits per heavy atom. The summed E-state index contributed by atoms with van der Waals surface area (Å²) in [6.07, 6.45) is 2.76. The van der Waals surface area contributed by atoms with Crippen molar-refractivity contribution in [3.63, 3.8) is 0 Å². The maximum atomic E-state index is 10.5. The summed E-state index contributed by atoms with van der Waals surface area (Å²) in [6, 6.07) is 9.40. The molecule has 94 valence electrons. The van der Waals surface area contributed by atoms with Crippen LogP contribution in [-0.2, 0) is 0 Å². The lowest BCUT2D eigenvalue weighted by Crippen LogP contribution is -2.05. The van der Waals surface area contributed by atoms with Crippen LogP contribution in [0.4, 0.5) is 0 Å². The van der Waals surface area contributed by atoms with E-state index in [4.69, 9.17) is 4.74 Å². The molecule has 0 saturated heterocycles. The number of aliphatic hydroxyl groups is 1. The fourth-order valence-electron chi connectivity index (χ4n) is 1.95. The number of benzene rings is 1. The molecule has 1 aromatic carbocycles. The molecule has 2 rings (SSSR count). The van der Waals surface area contributed by atoms with Crippen molar-refractivity contribution in [2.75, 3.05) is 6.61 Å². The summed E-state index contributed by atoms with van der Waals surface area (Å²) in [5, 5.41) is 10.5. The second kappa shape index (κ2) is 5.65. The Balaban J connectivity index is 2.40. The smallest absolute Gasteiger partial charge is 0.125 e. The molecule has 0 aliphatic rings. The Kier molecular flexibility index (Phi) is 3.95. The van der Waals surface area contributed by atoms with Gasteiger partial charge in [0, 0.05) is 18.0 Å². The summed E-state index contributed by atoms with van der Waals surface area (Å²) in [5.41, 5.74) is 2.61. The molecule has 0 saturated carbocycles. The van der Waals surface area contributed by atoms with E-state index >= 15 is 0 Å². The van der Waals surface area contributed by atoms with Crippen LogP contribution in [-0.4, -0.2) is 16.7 Å². The van der Waals surface area contributed by atoms with Gasteiger partial charge >= 0.3 is 0 Å². The maximum absolute atomic E-state index is 10.5. The maximum Gasteiger partial charge on any atom is 0.125 e. The average Bonchev–Trinajstić information content (AvgIpc) is 2.40. The molecule has 0 fully saturated rings. The summed E-state index contributed by atoms with van der Waals surface area (Å²) < 4.78 is 5.54. The molecule has 0 aliphatic heterocycles. The number of pyridine rings is 1. The summed E-state index contributed by atoms with van der Waals surface area (Å²) >= 11 is 0. The summed E-state index contributed by atoms with van der Waals surface area (Å²) in [6.45, 7) is 4.45. The van der Waals surface area contributed by atoms with Crippen LogP contribution in [0.5, 0.6) is 5.75 Å². The molecule has 1 heterocycles. The van der Waals surface area contributed by atoms with Crippen LogP contribution in [0, 0.1) is 6.92 Å². The predicted octanol–water partition coefficient (Wildman–Crippen LogP) is 2.87. The minimum Gasteiger partial charge on any atom is -0.493 e. The third kappa shape index (κ3) is 2.51. The van der Waals surface area contributed by atoms with Crippen LogP contribution in [0.2, 0.25) is 0 Å². The molecule has 1 unspecified atom stereocenters. The summed E-state index contributed by atoms with van der Waals surface area (Å²) in [7, 11) is 0. The Hall–Kier alpha value is -1.87. The number of aryl methyl sites for hydroxylation is 1. The lowest BCUT2D eigenvalue weighted by Gasteiger charge is -2.17. The number of rotatable bonds is 4. The Morgan fingerprint density at radius 2 is 2.00 bits per heavy atom. The molecule has 1 atom stereocenters. The van der Waals surface area contributed by atoms with Crippen LogP contribution in [0.3, 0.4) is 0 Å². The van der Waals surface area contributed by atoms with E-state index in [0.717, 1.165) is 22.4 Å². The fraction of sp³-hybridized carbons (Fsp3) is 0.267. The molecule has 0 bridgehead atoms. The lowest BCUT2D eigenvalue weighted by molar-refractivity contribution is 0.211. The Morgan fingerprint density at radius 3 is 2.72 bits per heavy atom. The van der Waals surface area contributed by atoms with E-state index in [1.165, 1.54) is 0 Å². The van der Waals surface area contributed by atoms with Gasteiger partial charge in [-0.1, -0.05) is 18.2 Å². The van der Waals surface area contributed by atoms with Crippen LogP contribution in [0.1, 0.15) is 29.7 Å². The van der Waals surface area contributed by atoms with E-state index in [1.807, 2.05) is 44.2 Å². The highest BCUT2D eigenvalue weighted by Gasteiger charge is 2.16. The number of para-hydroxylation sites is 1. The van der Waals surface area contributed by atoms with Gasteiger partial charge in [0.25, 0.3) is 0 Å². The van der Waals surface area contributed by atoms with Gasteiger partial charge in [0.05, 0.1) is 6.61 Å². The van der Waals surface area contributed by atoms with E-state index in [9.17, 15) is 5.11 Å². The minimum atomic E-state index is -0.684. The molecular formula is C15H17NO2. The SMILES string of the molecule is CCOc1ccccc1C(O)c1ccncc1C. The van der Waals surface area contributed by atoms with E-state index in [-0.39, 0.29) is 0 Å². The van der Waals surface area contributed by atoms with Crippen molar-refractivity contribution in [3.05, 3.63) is 59.4 Å². The predicted molar refractivity (Wildman–Crippen MR) is 70.6 cm³/mol. The van der Waals surface area contributed by atoms with Crippen LogP contribution in [0.25, 0.3) is 0 Å². The summed E-state index contributed by atoms with van der Waals surface area (Å²) in [5.74, 6) is 0.726. The molecular weight excluding hydrogens is 226 g/mol. The Bertz CT molecular complexity index is 525. The van der Waals surface area contributed by atoms with Crippen LogP contribution >= 0.6 is 0 Å². The number of hydrogen-bond donors (Lipinski definition) is 1. The zero-order valence-corrected chi connectivity index (χ0v) is 10.6. The fourth-order valence-corrected chi connectivity index (χ4v) is 1.95. The standard InChI is InChI=1S/C15H17NO2/c1-3-18-14-7-5-4-6-13(14)15(17)12-8-9-16-10-11(12)2/h4-10,15,17H,3H2,1-2H3. The molecule has 3 heteroatoms. The second-order valence-electron chi connectivity index (χ2n) is 4.11. The average molecular weight is 243 g/mol. The summed E-state index contributed by atoms with van der Waals surface area (Å²) in [4.78, 5) is 4.04. The van der Waals surface area contributed by atoms with E-state index < -0.39 is 6.10 Å². The largest absolute Gasteiger partial charge is 0.493 e. The highest BCUT2D eigenvalue weighted by atomic mass is 16.5. The first-order valence-corrected chi connectivity index (χ1v) is 6.04. The van der Waals surface area contributed by atoms with Crippen molar-refractivity contribution in [1.82, 2.24) is 4.98 Å². The van der Waals surface area contributed by atoms with Gasteiger partial charge in [-0.3, -0.25) is 4.98 Å². The van der Waals surface area contributed by atoms with Gasteiger partial charge in [0.2, 0.25) is 0 Å². The molecule has 1 N–H and O–H groups in total. The van der Waals surface area contributed by atoms with E-state index in [0.29, 0.717) is 6.61 Å². The van der Waals surface area contributed by atoms with Gasteiger partial charge in [-0.05, 0) is 37.1 Å². The molecule has 1 aromatic heterocycles. The molecule has 0 aliphatic carbocycles.